The normalized spacial score (nSPS) is 10.6. The maximum absolute atomic E-state index is 11.1. The van der Waals surface area contributed by atoms with Crippen LogP contribution in [-0.2, 0) is 0 Å². The summed E-state index contributed by atoms with van der Waals surface area (Å²) in [6.45, 7) is 0. The summed E-state index contributed by atoms with van der Waals surface area (Å²) in [4.78, 5) is 22.1. The summed E-state index contributed by atoms with van der Waals surface area (Å²) in [7, 11) is 0. The fraction of sp³-hybridized carbons (Fsp3) is 0. The van der Waals surface area contributed by atoms with Gasteiger partial charge in [-0.3, -0.25) is 14.8 Å². The maximum Gasteiger partial charge on any atom is 0.250 e. The summed E-state index contributed by atoms with van der Waals surface area (Å²) in [5.74, 6) is 0. The Hall–Kier alpha value is -2.49. The van der Waals surface area contributed by atoms with Gasteiger partial charge in [-0.15, -0.1) is 0 Å². The molecule has 3 aromatic rings. The molecule has 0 atom stereocenters. The summed E-state index contributed by atoms with van der Waals surface area (Å²) in [5.41, 5.74) is 2.55. The summed E-state index contributed by atoms with van der Waals surface area (Å²) < 4.78 is 0. The molecular weight excluding hydrogens is 214 g/mol. The van der Waals surface area contributed by atoms with Crippen molar-refractivity contribution in [1.29, 1.82) is 0 Å². The van der Waals surface area contributed by atoms with E-state index >= 15 is 0 Å². The van der Waals surface area contributed by atoms with Crippen LogP contribution in [-0.4, -0.2) is 15.0 Å². The first-order valence-electron chi connectivity index (χ1n) is 5.22. The molecule has 0 spiro atoms. The van der Waals surface area contributed by atoms with Crippen LogP contribution in [0.5, 0.6) is 0 Å². The number of nitrogens with one attached hydrogen (secondary N) is 1. The van der Waals surface area contributed by atoms with E-state index in [0.717, 1.165) is 16.5 Å². The highest BCUT2D eigenvalue weighted by Gasteiger charge is 2.01. The first-order chi connectivity index (χ1) is 8.33. The van der Waals surface area contributed by atoms with Gasteiger partial charge >= 0.3 is 0 Å². The van der Waals surface area contributed by atoms with E-state index < -0.39 is 0 Å². The highest BCUT2D eigenvalue weighted by Crippen LogP contribution is 2.20. The third-order valence-electron chi connectivity index (χ3n) is 2.58. The van der Waals surface area contributed by atoms with Gasteiger partial charge in [0, 0.05) is 47.4 Å². The lowest BCUT2D eigenvalue weighted by molar-refractivity contribution is 1.25. The van der Waals surface area contributed by atoms with Gasteiger partial charge in [-0.1, -0.05) is 6.07 Å². The molecule has 0 unspecified atom stereocenters. The zero-order valence-corrected chi connectivity index (χ0v) is 8.92. The Kier molecular flexibility index (Phi) is 2.19. The summed E-state index contributed by atoms with van der Waals surface area (Å²) in [6, 6.07) is 7.32. The van der Waals surface area contributed by atoms with Crippen LogP contribution < -0.4 is 5.56 Å². The minimum Gasteiger partial charge on any atom is -0.328 e. The second kappa shape index (κ2) is 3.83. The van der Waals surface area contributed by atoms with E-state index in [1.807, 2.05) is 18.2 Å². The van der Waals surface area contributed by atoms with Gasteiger partial charge in [0.05, 0.1) is 5.52 Å². The van der Waals surface area contributed by atoms with Crippen LogP contribution in [0.25, 0.3) is 22.0 Å². The standard InChI is InChI=1S/C13H9N3O/c17-13-5-12-11(8-16-13)4-10(7-15-12)9-2-1-3-14-6-9/h1-8H,(H,16,17). The number of nitrogens with zero attached hydrogens (tertiary/aromatic N) is 2. The molecule has 0 amide bonds. The Bertz CT molecular complexity index is 719. The number of H-pyrrole nitrogens is 1. The van der Waals surface area contributed by atoms with Crippen LogP contribution in [0, 0.1) is 0 Å². The third kappa shape index (κ3) is 1.80. The predicted molar refractivity (Wildman–Crippen MR) is 65.6 cm³/mol. The van der Waals surface area contributed by atoms with Crippen molar-refractivity contribution in [2.45, 2.75) is 0 Å². The average Bonchev–Trinajstić information content (AvgIpc) is 2.39. The van der Waals surface area contributed by atoms with Crippen molar-refractivity contribution in [1.82, 2.24) is 15.0 Å². The first kappa shape index (κ1) is 9.72. The predicted octanol–water partition coefficient (Wildman–Crippen LogP) is 1.99. The number of hydrogen-bond donors (Lipinski definition) is 1. The van der Waals surface area contributed by atoms with Crippen LogP contribution >= 0.6 is 0 Å². The molecule has 0 bridgehead atoms. The fourth-order valence-corrected chi connectivity index (χ4v) is 1.73. The average molecular weight is 223 g/mol. The number of aromatic nitrogens is 3. The van der Waals surface area contributed by atoms with Crippen molar-refractivity contribution in [2.24, 2.45) is 0 Å². The van der Waals surface area contributed by atoms with Gasteiger partial charge in [-0.05, 0) is 12.1 Å². The van der Waals surface area contributed by atoms with Crippen molar-refractivity contribution >= 4 is 10.9 Å². The summed E-state index contributed by atoms with van der Waals surface area (Å²) >= 11 is 0. The lowest BCUT2D eigenvalue weighted by atomic mass is 10.1. The molecule has 0 saturated carbocycles. The number of aromatic amines is 1. The largest absolute Gasteiger partial charge is 0.328 e. The molecule has 0 aliphatic rings. The van der Waals surface area contributed by atoms with Crippen LogP contribution in [0.15, 0.2) is 53.8 Å². The van der Waals surface area contributed by atoms with E-state index in [1.165, 1.54) is 6.07 Å². The van der Waals surface area contributed by atoms with Gasteiger partial charge in [0.25, 0.3) is 0 Å². The molecule has 3 heterocycles. The van der Waals surface area contributed by atoms with E-state index in [1.54, 1.807) is 24.8 Å². The van der Waals surface area contributed by atoms with Crippen LogP contribution in [0.3, 0.4) is 0 Å². The smallest absolute Gasteiger partial charge is 0.250 e. The van der Waals surface area contributed by atoms with Gasteiger partial charge in [0.1, 0.15) is 0 Å². The Morgan fingerprint density at radius 1 is 1.12 bits per heavy atom. The lowest BCUT2D eigenvalue weighted by Gasteiger charge is -2.02. The van der Waals surface area contributed by atoms with Crippen LogP contribution in [0.1, 0.15) is 0 Å². The van der Waals surface area contributed by atoms with Crippen molar-refractivity contribution < 1.29 is 0 Å². The molecular formula is C13H9N3O. The maximum atomic E-state index is 11.1. The Labute approximate surface area is 97.0 Å². The van der Waals surface area contributed by atoms with Gasteiger partial charge in [0.15, 0.2) is 0 Å². The number of fused-ring (bicyclic) bond motifs is 1. The van der Waals surface area contributed by atoms with Gasteiger partial charge in [0.2, 0.25) is 5.56 Å². The Morgan fingerprint density at radius 3 is 2.88 bits per heavy atom. The number of hydrogen-bond acceptors (Lipinski definition) is 3. The summed E-state index contributed by atoms with van der Waals surface area (Å²) in [5, 5.41) is 0.908. The number of rotatable bonds is 1. The molecule has 17 heavy (non-hydrogen) atoms. The minimum atomic E-state index is -0.140. The Balaban J connectivity index is 2.21. The molecule has 0 aromatic carbocycles. The van der Waals surface area contributed by atoms with Crippen LogP contribution in [0.2, 0.25) is 0 Å². The molecule has 3 rings (SSSR count). The lowest BCUT2D eigenvalue weighted by Crippen LogP contribution is -2.02. The molecule has 0 saturated heterocycles. The molecule has 0 radical (unpaired) electrons. The molecule has 3 aromatic heterocycles. The molecule has 4 nitrogen and oxygen atoms in total. The molecule has 82 valence electrons. The SMILES string of the molecule is O=c1cc2ncc(-c3cccnc3)cc2c[nH]1. The van der Waals surface area contributed by atoms with Crippen molar-refractivity contribution in [3.63, 3.8) is 0 Å². The van der Waals surface area contributed by atoms with Gasteiger partial charge in [-0.2, -0.15) is 0 Å². The van der Waals surface area contributed by atoms with Gasteiger partial charge in [-0.25, -0.2) is 0 Å². The van der Waals surface area contributed by atoms with Crippen molar-refractivity contribution in [3.05, 3.63) is 59.4 Å². The monoisotopic (exact) mass is 223 g/mol. The summed E-state index contributed by atoms with van der Waals surface area (Å²) in [6.07, 6.45) is 6.94. The number of pyridine rings is 3. The molecule has 0 fully saturated rings. The second-order valence-electron chi connectivity index (χ2n) is 3.74. The molecule has 0 aliphatic heterocycles. The third-order valence-corrected chi connectivity index (χ3v) is 2.58. The quantitative estimate of drug-likeness (QED) is 0.686. The molecule has 0 aliphatic carbocycles. The van der Waals surface area contributed by atoms with E-state index in [4.69, 9.17) is 0 Å². The van der Waals surface area contributed by atoms with E-state index in [-0.39, 0.29) is 5.56 Å². The first-order valence-corrected chi connectivity index (χ1v) is 5.22. The van der Waals surface area contributed by atoms with Crippen molar-refractivity contribution in [2.75, 3.05) is 0 Å². The highest BCUT2D eigenvalue weighted by molar-refractivity contribution is 5.82. The van der Waals surface area contributed by atoms with E-state index in [0.29, 0.717) is 5.52 Å². The zero-order valence-electron chi connectivity index (χ0n) is 8.92. The molecule has 4 heteroatoms. The van der Waals surface area contributed by atoms with E-state index in [9.17, 15) is 4.79 Å². The van der Waals surface area contributed by atoms with Crippen molar-refractivity contribution in [3.8, 4) is 11.1 Å². The topological polar surface area (TPSA) is 58.6 Å². The van der Waals surface area contributed by atoms with Crippen LogP contribution in [0.4, 0.5) is 0 Å². The second-order valence-corrected chi connectivity index (χ2v) is 3.74. The highest BCUT2D eigenvalue weighted by atomic mass is 16.1. The van der Waals surface area contributed by atoms with Gasteiger partial charge < -0.3 is 4.98 Å². The Morgan fingerprint density at radius 2 is 2.06 bits per heavy atom. The fourth-order valence-electron chi connectivity index (χ4n) is 1.73. The molecule has 1 N–H and O–H groups in total. The minimum absolute atomic E-state index is 0.140. The zero-order chi connectivity index (χ0) is 11.7. The van der Waals surface area contributed by atoms with E-state index in [2.05, 4.69) is 15.0 Å².